The fraction of sp³-hybridized carbons (Fsp3) is 0.500. The van der Waals surface area contributed by atoms with Crippen LogP contribution in [0.4, 0.5) is 14.4 Å². The van der Waals surface area contributed by atoms with Crippen molar-refractivity contribution in [3.05, 3.63) is 257 Å². The van der Waals surface area contributed by atoms with E-state index in [1.807, 2.05) is 126 Å². The number of carbonyl (C=O) groups excluding carboxylic acids is 3. The van der Waals surface area contributed by atoms with E-state index in [1.165, 1.54) is 53.6 Å². The number of hydrogen-bond acceptors (Lipinski definition) is 19. The molecule has 4 bridgehead atoms. The second-order valence-corrected chi connectivity index (χ2v) is 47.4. The highest BCUT2D eigenvalue weighted by Crippen LogP contribution is 2.64. The average Bonchev–Trinajstić information content (AvgIpc) is 1.31. The number of nitrogens with zero attached hydrogens (tertiary/aromatic N) is 5. The van der Waals surface area contributed by atoms with Crippen LogP contribution in [0.2, 0.25) is 10.1 Å². The Labute approximate surface area is 756 Å². The van der Waals surface area contributed by atoms with Gasteiger partial charge in [-0.2, -0.15) is 0 Å². The van der Waals surface area contributed by atoms with Gasteiger partial charge >= 0.3 is 29.8 Å². The Morgan fingerprint density at radius 1 is 0.516 bits per heavy atom. The molecule has 4 saturated heterocycles. The van der Waals surface area contributed by atoms with Crippen LogP contribution in [0.5, 0.6) is 0 Å². The molecule has 3 N–H and O–H groups in total. The number of benzene rings is 6. The Hall–Kier alpha value is -10.2. The van der Waals surface area contributed by atoms with Crippen LogP contribution in [0, 0.1) is 61.7 Å². The van der Waals surface area contributed by atoms with E-state index in [0.717, 1.165) is 119 Å². The number of aromatic nitrogens is 4. The van der Waals surface area contributed by atoms with Crippen LogP contribution in [0.25, 0.3) is 0 Å². The molecule has 682 valence electrons. The topological polar surface area (TPSA) is 266 Å². The number of carbonyl (C=O) groups is 3. The number of piperidine rings is 2. The standard InChI is InChI=1S/C58H74N4O9Si.C44H54N4O7Si.H2/c1-8-41-22-24-42(25-23-41)37-60(38-46-17-15-16-26-61(46)54(65)70-57(6,7)58-33-43-29-44(34-58)31-45(30-43)35-58)27-28-67-55(66)68-39-50-49(32-51(69-50)62-36-40(2)52(63)59-53(62)64)71-72(56(3,4)5,47-18-11-9-12-19-47)48-20-13-10-14-21-48;1-6-33-20-22-34(23-21-33)29-47(30-35-15-13-14-24-45-35)25-26-52-43(51)53-31-39-38(27-40(54-39)48-28-32(2)41(49)46-42(48)50)55-56(44(3,4)5,36-16-9-7-10-17-36)37-18-11-8-12-19-37;/h1,9-14,18-25,36,43-46,49-51H,15-17,26-35,37-39H2,2-7H3,(H,59,63,64);1,7-12,16-23,28,35,38-40,45H,13-15,24-27,29-31H2,2-5H3,(H,46,49,50);1H/t43?,44?,45?,46?,49?,50-,51-,58?;35?,38?,39-,40-;/m11./s1. The van der Waals surface area contributed by atoms with Crippen LogP contribution in [0.15, 0.2) is 201 Å². The first-order valence-electron chi connectivity index (χ1n) is 45.8. The molecule has 26 heteroatoms. The number of aryl methyl sites for hydroxylation is 2. The molecule has 8 aliphatic rings. The zero-order valence-electron chi connectivity index (χ0n) is 76.0. The van der Waals surface area contributed by atoms with Crippen LogP contribution in [-0.4, -0.2) is 177 Å². The predicted molar refractivity (Wildman–Crippen MR) is 501 cm³/mol. The van der Waals surface area contributed by atoms with Crippen LogP contribution in [-0.2, 0) is 55.1 Å². The number of terminal acetylenes is 2. The van der Waals surface area contributed by atoms with Gasteiger partial charge in [0.25, 0.3) is 27.8 Å². The lowest BCUT2D eigenvalue weighted by Gasteiger charge is -2.61. The monoisotopic (exact) mass is 1780 g/mol. The summed E-state index contributed by atoms with van der Waals surface area (Å²) in [4.78, 5) is 103. The molecule has 0 radical (unpaired) electrons. The zero-order valence-corrected chi connectivity index (χ0v) is 78.0. The third-order valence-electron chi connectivity index (χ3n) is 27.7. The van der Waals surface area contributed by atoms with Crippen molar-refractivity contribution >= 4 is 55.8 Å². The number of aromatic amines is 2. The van der Waals surface area contributed by atoms with Crippen LogP contribution in [0.3, 0.4) is 0 Å². The number of rotatable bonds is 30. The highest BCUT2D eigenvalue weighted by molar-refractivity contribution is 7.00. The van der Waals surface area contributed by atoms with Crippen LogP contribution >= 0.6 is 0 Å². The molecule has 8 fully saturated rings. The Bertz CT molecular complexity index is 5300. The quantitative estimate of drug-likeness (QED) is 0.0163. The largest absolute Gasteiger partial charge is 0.508 e. The van der Waals surface area contributed by atoms with Gasteiger partial charge in [-0.1, -0.05) is 205 Å². The third kappa shape index (κ3) is 21.9. The predicted octanol–water partition coefficient (Wildman–Crippen LogP) is 13.8. The van der Waals surface area contributed by atoms with E-state index in [0.29, 0.717) is 56.4 Å². The van der Waals surface area contributed by atoms with E-state index in [1.54, 1.807) is 13.8 Å². The van der Waals surface area contributed by atoms with Gasteiger partial charge in [-0.25, -0.2) is 24.0 Å². The molecule has 6 heterocycles. The average molecular weight is 1780 g/mol. The molecule has 2 aromatic heterocycles. The second-order valence-electron chi connectivity index (χ2n) is 38.9. The smallest absolute Gasteiger partial charge is 0.443 e. The molecule has 4 aliphatic heterocycles. The van der Waals surface area contributed by atoms with E-state index < -0.39 is 93.9 Å². The molecular formula is C102H130N8O16Si2. The summed E-state index contributed by atoms with van der Waals surface area (Å²) in [7, 11) is -6.23. The highest BCUT2D eigenvalue weighted by Gasteiger charge is 2.60. The van der Waals surface area contributed by atoms with Gasteiger partial charge < -0.3 is 52.2 Å². The number of likely N-dealkylation sites (tertiary alicyclic amines) is 1. The van der Waals surface area contributed by atoms with E-state index in [4.69, 9.17) is 54.9 Å². The first-order valence-corrected chi connectivity index (χ1v) is 49.6. The maximum absolute atomic E-state index is 14.4. The highest BCUT2D eigenvalue weighted by atomic mass is 28.4. The normalized spacial score (nSPS) is 23.5. The maximum Gasteiger partial charge on any atom is 0.508 e. The summed E-state index contributed by atoms with van der Waals surface area (Å²) < 4.78 is 60.6. The molecular weight excluding hydrogens is 1650 g/mol. The number of nitrogens with one attached hydrogen (secondary N) is 3. The third-order valence-corrected chi connectivity index (χ3v) is 37.8. The summed E-state index contributed by atoms with van der Waals surface area (Å²) >= 11 is 0. The van der Waals surface area contributed by atoms with Gasteiger partial charge in [0.15, 0.2) is 0 Å². The minimum Gasteiger partial charge on any atom is -0.443 e. The summed E-state index contributed by atoms with van der Waals surface area (Å²) in [5.41, 5.74) is 1.87. The van der Waals surface area contributed by atoms with Gasteiger partial charge in [0.2, 0.25) is 0 Å². The Morgan fingerprint density at radius 3 is 1.30 bits per heavy atom. The Balaban J connectivity index is 0.000000226. The minimum absolute atomic E-state index is 0. The fourth-order valence-electron chi connectivity index (χ4n) is 21.4. The zero-order chi connectivity index (χ0) is 90.6. The van der Waals surface area contributed by atoms with Gasteiger partial charge in [0.05, 0.1) is 12.2 Å². The van der Waals surface area contributed by atoms with E-state index in [9.17, 15) is 33.6 Å². The molecule has 6 aromatic carbocycles. The van der Waals surface area contributed by atoms with E-state index in [-0.39, 0.29) is 68.3 Å². The Kier molecular flexibility index (Phi) is 30.3. The van der Waals surface area contributed by atoms with E-state index >= 15 is 0 Å². The molecule has 8 aromatic rings. The number of amides is 1. The van der Waals surface area contributed by atoms with Crippen molar-refractivity contribution in [2.45, 2.75) is 237 Å². The lowest BCUT2D eigenvalue weighted by molar-refractivity contribution is -0.168. The fourth-order valence-corrected chi connectivity index (χ4v) is 30.8. The van der Waals surface area contributed by atoms with Gasteiger partial charge in [0.1, 0.15) is 56.7 Å². The first kappa shape index (κ1) is 93.9. The molecule has 4 unspecified atom stereocenters. The molecule has 128 heavy (non-hydrogen) atoms. The van der Waals surface area contributed by atoms with Gasteiger partial charge in [-0.3, -0.25) is 38.5 Å². The minimum atomic E-state index is -3.15. The summed E-state index contributed by atoms with van der Waals surface area (Å²) in [5.74, 6) is 7.61. The summed E-state index contributed by atoms with van der Waals surface area (Å²) in [6, 6.07) is 57.0. The molecule has 0 spiro atoms. The Morgan fingerprint density at radius 2 is 0.914 bits per heavy atom. The van der Waals surface area contributed by atoms with Crippen molar-refractivity contribution in [2.24, 2.45) is 23.2 Å². The molecule has 1 amide bonds. The van der Waals surface area contributed by atoms with E-state index in [2.05, 4.69) is 141 Å². The lowest BCUT2D eigenvalue weighted by atomic mass is 9.46. The van der Waals surface area contributed by atoms with Crippen molar-refractivity contribution in [3.63, 3.8) is 0 Å². The first-order chi connectivity index (χ1) is 61.4. The van der Waals surface area contributed by atoms with Gasteiger partial charge in [-0.15, -0.1) is 12.8 Å². The molecule has 4 aliphatic carbocycles. The molecule has 4 saturated carbocycles. The molecule has 24 nitrogen and oxygen atoms in total. The van der Waals surface area contributed by atoms with Crippen molar-refractivity contribution in [1.82, 2.24) is 39.1 Å². The van der Waals surface area contributed by atoms with Gasteiger partial charge in [-0.05, 0) is 189 Å². The maximum atomic E-state index is 14.4. The van der Waals surface area contributed by atoms with Crippen molar-refractivity contribution in [1.29, 1.82) is 0 Å². The summed E-state index contributed by atoms with van der Waals surface area (Å²) in [6.07, 6.45) is 22.2. The number of hydrogen-bond donors (Lipinski definition) is 3. The number of H-pyrrole nitrogens is 2. The second kappa shape index (κ2) is 41.3. The summed E-state index contributed by atoms with van der Waals surface area (Å²) in [5, 5.41) is 7.19. The van der Waals surface area contributed by atoms with Crippen LogP contribution in [0.1, 0.15) is 193 Å². The van der Waals surface area contributed by atoms with Crippen LogP contribution < -0.4 is 48.6 Å². The van der Waals surface area contributed by atoms with Crippen molar-refractivity contribution < 1.29 is 57.8 Å². The lowest BCUT2D eigenvalue weighted by Crippen LogP contribution is -2.68. The molecule has 8 atom stereocenters. The SMILES string of the molecule is C#Cc1ccc(CN(CCOC(=O)OC[C@H]2O[C@@H](n3cc(C)c(=O)[nH]c3=O)CC2O[Si](c2ccccc2)(c2ccccc2)C(C)(C)C)CC2CCCCN2)cc1.C#Cc1ccc(CN(CCOC(=O)OC[C@H]2O[C@@H](n3cc(C)c(=O)[nH]c3=O)CC2O[Si](c2ccccc2)(c2ccccc2)C(C)(C)C)CC2CCCCN2C(=O)OC(C)(C)C23CC4CC(CC(C4)C2)C3)cc1.[HH]. The summed E-state index contributed by atoms with van der Waals surface area (Å²) in [6.45, 7) is 25.6. The molecule has 16 rings (SSSR count). The van der Waals surface area contributed by atoms with Crippen molar-refractivity contribution in [3.8, 4) is 24.7 Å². The van der Waals surface area contributed by atoms with Crippen molar-refractivity contribution in [2.75, 3.05) is 65.7 Å². The number of ether oxygens (including phenoxy) is 7. The van der Waals surface area contributed by atoms with Gasteiger partial charge in [0, 0.05) is 112 Å².